The Labute approximate surface area is 182 Å². The van der Waals surface area contributed by atoms with E-state index in [9.17, 15) is 8.87 Å². The molecule has 0 spiro atoms. The molecule has 0 atom stereocenters. The van der Waals surface area contributed by atoms with Gasteiger partial charge in [-0.05, 0) is 18.2 Å². The van der Waals surface area contributed by atoms with Gasteiger partial charge in [-0.1, -0.05) is 23.2 Å². The van der Waals surface area contributed by atoms with Crippen molar-refractivity contribution < 1.29 is 8.87 Å². The number of aromatic nitrogens is 2. The number of nitrogens with one attached hydrogen (secondary N) is 1. The van der Waals surface area contributed by atoms with Crippen LogP contribution in [0.3, 0.4) is 0 Å². The van der Waals surface area contributed by atoms with Crippen LogP contribution in [0.1, 0.15) is 0 Å². The van der Waals surface area contributed by atoms with E-state index in [1.54, 1.807) is 6.07 Å². The van der Waals surface area contributed by atoms with E-state index >= 15 is 0 Å². The van der Waals surface area contributed by atoms with Gasteiger partial charge in [0, 0.05) is 49.7 Å². The molecule has 3 aromatic rings. The highest BCUT2D eigenvalue weighted by Gasteiger charge is 2.24. The number of thiol groups is 1. The molecule has 1 N–H and O–H groups in total. The third-order valence-corrected chi connectivity index (χ3v) is 5.99. The van der Waals surface area contributed by atoms with E-state index in [1.807, 2.05) is 0 Å². The number of fused-ring (bicyclic) bond motifs is 1. The van der Waals surface area contributed by atoms with E-state index in [2.05, 4.69) is 32.8 Å². The molecule has 2 heterocycles. The van der Waals surface area contributed by atoms with Gasteiger partial charge in [0.1, 0.15) is 18.0 Å². The van der Waals surface area contributed by atoms with Crippen LogP contribution in [0, 0.1) is 5.82 Å². The molecule has 1 aliphatic rings. The van der Waals surface area contributed by atoms with Gasteiger partial charge in [-0.25, -0.2) is 19.5 Å². The normalized spacial score (nSPS) is 14.5. The standard InChI is InChI=1S/C19H17Cl2F2N5S/c1-27(23)17-10(2-3-13(22)18(17)29)14-12(20)8-11-16(15(14)21)25-9-26-19(11)28-6-4-24-5-7-28/h2-3,8-9,24,29H,4-7H2,1H3. The second-order valence-electron chi connectivity index (χ2n) is 6.65. The Morgan fingerprint density at radius 3 is 2.62 bits per heavy atom. The Morgan fingerprint density at radius 2 is 1.93 bits per heavy atom. The average Bonchev–Trinajstić information content (AvgIpc) is 2.70. The van der Waals surface area contributed by atoms with Gasteiger partial charge in [0.2, 0.25) is 0 Å². The zero-order chi connectivity index (χ0) is 20.7. The summed E-state index contributed by atoms with van der Waals surface area (Å²) < 4.78 is 28.2. The highest BCUT2D eigenvalue weighted by atomic mass is 35.5. The van der Waals surface area contributed by atoms with E-state index in [4.69, 9.17) is 23.2 Å². The average molecular weight is 456 g/mol. The first kappa shape index (κ1) is 20.4. The first-order chi connectivity index (χ1) is 13.9. The molecule has 1 aromatic heterocycles. The van der Waals surface area contributed by atoms with E-state index in [-0.39, 0.29) is 20.6 Å². The van der Waals surface area contributed by atoms with Crippen molar-refractivity contribution in [2.45, 2.75) is 4.90 Å². The molecule has 0 aliphatic carbocycles. The van der Waals surface area contributed by atoms with Crippen molar-refractivity contribution in [2.75, 3.05) is 43.2 Å². The third kappa shape index (κ3) is 3.59. The fraction of sp³-hybridized carbons (Fsp3) is 0.263. The number of halogens is 4. The Hall–Kier alpha value is -1.87. The van der Waals surface area contributed by atoms with Gasteiger partial charge in [-0.2, -0.15) is 0 Å². The predicted octanol–water partition coefficient (Wildman–Crippen LogP) is 4.76. The molecule has 0 unspecified atom stereocenters. The molecule has 1 aliphatic heterocycles. The molecular formula is C19H17Cl2F2N5S. The minimum absolute atomic E-state index is 0.0622. The summed E-state index contributed by atoms with van der Waals surface area (Å²) in [5.41, 5.74) is 1.11. The van der Waals surface area contributed by atoms with Gasteiger partial charge in [-0.3, -0.25) is 0 Å². The largest absolute Gasteiger partial charge is 0.353 e. The maximum Gasteiger partial charge on any atom is 0.140 e. The van der Waals surface area contributed by atoms with Gasteiger partial charge < -0.3 is 10.2 Å². The minimum Gasteiger partial charge on any atom is -0.353 e. The second kappa shape index (κ2) is 8.10. The lowest BCUT2D eigenvalue weighted by atomic mass is 10.0. The summed E-state index contributed by atoms with van der Waals surface area (Å²) in [6.07, 6.45) is 1.44. The van der Waals surface area contributed by atoms with Crippen molar-refractivity contribution >= 4 is 58.2 Å². The number of piperazine rings is 1. The Balaban J connectivity index is 1.96. The number of hydrogen-bond acceptors (Lipinski definition) is 6. The molecule has 1 fully saturated rings. The zero-order valence-corrected chi connectivity index (χ0v) is 17.8. The monoisotopic (exact) mass is 455 g/mol. The van der Waals surface area contributed by atoms with Crippen LogP contribution in [0.15, 0.2) is 29.4 Å². The number of rotatable bonds is 3. The van der Waals surface area contributed by atoms with Crippen molar-refractivity contribution in [3.8, 4) is 11.1 Å². The molecule has 1 saturated heterocycles. The van der Waals surface area contributed by atoms with Crippen LogP contribution in [-0.4, -0.2) is 43.2 Å². The molecule has 10 heteroatoms. The molecule has 0 radical (unpaired) electrons. The highest BCUT2D eigenvalue weighted by Crippen LogP contribution is 2.46. The molecule has 4 rings (SSSR count). The van der Waals surface area contributed by atoms with Crippen LogP contribution >= 0.6 is 35.8 Å². The lowest BCUT2D eigenvalue weighted by molar-refractivity contribution is 0.469. The molecule has 5 nitrogen and oxygen atoms in total. The molecule has 0 bridgehead atoms. The van der Waals surface area contributed by atoms with Crippen LogP contribution in [0.2, 0.25) is 10.0 Å². The summed E-state index contributed by atoms with van der Waals surface area (Å²) >= 11 is 17.4. The molecule has 0 saturated carbocycles. The molecule has 2 aromatic carbocycles. The van der Waals surface area contributed by atoms with Gasteiger partial charge >= 0.3 is 0 Å². The fourth-order valence-electron chi connectivity index (χ4n) is 3.56. The molecule has 29 heavy (non-hydrogen) atoms. The minimum atomic E-state index is -0.645. The lowest BCUT2D eigenvalue weighted by Gasteiger charge is -2.29. The van der Waals surface area contributed by atoms with Crippen LogP contribution in [0.5, 0.6) is 0 Å². The van der Waals surface area contributed by atoms with Crippen molar-refractivity contribution in [1.29, 1.82) is 0 Å². The molecule has 0 amide bonds. The van der Waals surface area contributed by atoms with Crippen molar-refractivity contribution in [3.63, 3.8) is 0 Å². The Bertz CT molecular complexity index is 1090. The van der Waals surface area contributed by atoms with Crippen LogP contribution in [-0.2, 0) is 0 Å². The van der Waals surface area contributed by atoms with E-state index in [0.29, 0.717) is 27.2 Å². The maximum atomic E-state index is 14.2. The summed E-state index contributed by atoms with van der Waals surface area (Å²) in [5, 5.41) is 4.83. The van der Waals surface area contributed by atoms with Gasteiger partial charge in [0.25, 0.3) is 0 Å². The summed E-state index contributed by atoms with van der Waals surface area (Å²) in [6.45, 7) is 3.27. The number of anilines is 2. The lowest BCUT2D eigenvalue weighted by Crippen LogP contribution is -2.44. The van der Waals surface area contributed by atoms with Crippen LogP contribution < -0.4 is 15.3 Å². The number of benzene rings is 2. The van der Waals surface area contributed by atoms with Crippen molar-refractivity contribution in [1.82, 2.24) is 15.3 Å². The predicted molar refractivity (Wildman–Crippen MR) is 117 cm³/mol. The van der Waals surface area contributed by atoms with Crippen molar-refractivity contribution in [3.05, 3.63) is 40.4 Å². The highest BCUT2D eigenvalue weighted by molar-refractivity contribution is 7.80. The second-order valence-corrected chi connectivity index (χ2v) is 7.88. The summed E-state index contributed by atoms with van der Waals surface area (Å²) in [4.78, 5) is 10.8. The first-order valence-corrected chi connectivity index (χ1v) is 10.1. The first-order valence-electron chi connectivity index (χ1n) is 8.90. The topological polar surface area (TPSA) is 44.3 Å². The van der Waals surface area contributed by atoms with Gasteiger partial charge in [0.15, 0.2) is 0 Å². The zero-order valence-electron chi connectivity index (χ0n) is 15.4. The fourth-order valence-corrected chi connectivity index (χ4v) is 4.60. The van der Waals surface area contributed by atoms with Gasteiger partial charge in [-0.15, -0.1) is 17.1 Å². The smallest absolute Gasteiger partial charge is 0.140 e. The van der Waals surface area contributed by atoms with E-state index in [1.165, 1.54) is 18.5 Å². The van der Waals surface area contributed by atoms with Crippen LogP contribution in [0.25, 0.3) is 22.0 Å². The number of nitrogens with zero attached hydrogens (tertiary/aromatic N) is 4. The Kier molecular flexibility index (Phi) is 5.70. The van der Waals surface area contributed by atoms with Crippen LogP contribution in [0.4, 0.5) is 20.4 Å². The SMILES string of the molecule is CN(F)c1c(-c2c(Cl)cc3c(N4CCNCC4)ncnc3c2Cl)ccc(F)c1S. The quantitative estimate of drug-likeness (QED) is 0.440. The summed E-state index contributed by atoms with van der Waals surface area (Å²) in [6, 6.07) is 4.35. The molecular weight excluding hydrogens is 439 g/mol. The van der Waals surface area contributed by atoms with E-state index in [0.717, 1.165) is 39.0 Å². The van der Waals surface area contributed by atoms with Crippen molar-refractivity contribution in [2.24, 2.45) is 0 Å². The maximum absolute atomic E-state index is 14.2. The molecule has 152 valence electrons. The van der Waals surface area contributed by atoms with Gasteiger partial charge in [0.05, 0.1) is 26.1 Å². The summed E-state index contributed by atoms with van der Waals surface area (Å²) in [7, 11) is 1.16. The van der Waals surface area contributed by atoms with E-state index < -0.39 is 5.82 Å². The number of hydrogen-bond donors (Lipinski definition) is 2. The third-order valence-electron chi connectivity index (χ3n) is 4.90. The summed E-state index contributed by atoms with van der Waals surface area (Å²) in [5.74, 6) is 0.0941. The Morgan fingerprint density at radius 1 is 1.21 bits per heavy atom.